The molecule has 5 nitrogen and oxygen atoms in total. The Labute approximate surface area is 365 Å². The second-order valence-electron chi connectivity index (χ2n) is 16.3. The van der Waals surface area contributed by atoms with Crippen molar-refractivity contribution < 1.29 is 4.39 Å². The fourth-order valence-electron chi connectivity index (χ4n) is 10.2. The molecular weight excluding hydrogens is 790 g/mol. The number of pyridine rings is 1. The predicted molar refractivity (Wildman–Crippen MR) is 260 cm³/mol. The van der Waals surface area contributed by atoms with E-state index in [1.807, 2.05) is 86.0 Å². The monoisotopic (exact) mass is 829 g/mol. The smallest absolute Gasteiger partial charge is 0.184 e. The Hall–Kier alpha value is -7.87. The minimum absolute atomic E-state index is 0.574. The van der Waals surface area contributed by atoms with E-state index in [1.54, 1.807) is 0 Å². The van der Waals surface area contributed by atoms with Crippen molar-refractivity contribution in [2.45, 2.75) is 6.17 Å². The molecule has 300 valence electrons. The first-order chi connectivity index (χ1) is 31.1. The first kappa shape index (κ1) is 36.9. The van der Waals surface area contributed by atoms with Gasteiger partial charge in [-0.1, -0.05) is 146 Å². The normalized spacial score (nSPS) is 13.6. The van der Waals surface area contributed by atoms with E-state index in [1.165, 1.54) is 26.4 Å². The number of nitrogens with zero attached hydrogens (tertiary/aromatic N) is 5. The van der Waals surface area contributed by atoms with Crippen LogP contribution in [-0.4, -0.2) is 27.2 Å². The summed E-state index contributed by atoms with van der Waals surface area (Å²) in [4.78, 5) is 12.3. The first-order valence-electron chi connectivity index (χ1n) is 21.4. The summed E-state index contributed by atoms with van der Waals surface area (Å²) in [7, 11) is -0.994. The largest absolute Gasteiger partial charge is 0.327 e. The van der Waals surface area contributed by atoms with Crippen LogP contribution in [-0.2, 0) is 7.05 Å². The minimum Gasteiger partial charge on any atom is -0.327 e. The summed E-state index contributed by atoms with van der Waals surface area (Å²) >= 11 is 0. The number of alkyl halides is 1. The molecule has 12 rings (SSSR count). The molecular formula is C56H40FN5Si. The Morgan fingerprint density at radius 3 is 1.92 bits per heavy atom. The number of aromatic nitrogens is 4. The van der Waals surface area contributed by atoms with E-state index < -0.39 is 14.2 Å². The van der Waals surface area contributed by atoms with E-state index in [-0.39, 0.29) is 0 Å². The van der Waals surface area contributed by atoms with Crippen LogP contribution in [0.3, 0.4) is 0 Å². The van der Waals surface area contributed by atoms with Crippen molar-refractivity contribution >= 4 is 78.7 Å². The maximum Gasteiger partial charge on any atom is 0.184 e. The highest BCUT2D eigenvalue weighted by Crippen LogP contribution is 2.43. The zero-order valence-electron chi connectivity index (χ0n) is 34.5. The highest BCUT2D eigenvalue weighted by Gasteiger charge is 2.49. The van der Waals surface area contributed by atoms with Crippen LogP contribution in [0.2, 0.25) is 0 Å². The number of imidazole rings is 1. The van der Waals surface area contributed by atoms with Gasteiger partial charge in [-0.05, 0) is 98.6 Å². The minimum atomic E-state index is -3.00. The molecule has 1 atom stereocenters. The summed E-state index contributed by atoms with van der Waals surface area (Å²) in [6.07, 6.45) is 0.451. The number of para-hydroxylation sites is 4. The summed E-state index contributed by atoms with van der Waals surface area (Å²) in [6, 6.07) is 74.5. The Morgan fingerprint density at radius 1 is 0.508 bits per heavy atom. The van der Waals surface area contributed by atoms with Crippen molar-refractivity contribution in [1.82, 2.24) is 19.1 Å². The third kappa shape index (κ3) is 5.67. The summed E-state index contributed by atoms with van der Waals surface area (Å²) in [5.41, 5.74) is 9.29. The van der Waals surface area contributed by atoms with Crippen LogP contribution in [0.25, 0.3) is 50.0 Å². The molecule has 0 fully saturated rings. The number of aryl methyl sites for hydroxylation is 1. The number of anilines is 3. The topological polar surface area (TPSA) is 38.9 Å². The van der Waals surface area contributed by atoms with Gasteiger partial charge in [0.25, 0.3) is 0 Å². The molecule has 0 saturated heterocycles. The van der Waals surface area contributed by atoms with E-state index in [0.29, 0.717) is 11.1 Å². The average Bonchev–Trinajstić information content (AvgIpc) is 3.86. The molecule has 63 heavy (non-hydrogen) atoms. The predicted octanol–water partition coefficient (Wildman–Crippen LogP) is 11.0. The molecule has 0 amide bonds. The quantitative estimate of drug-likeness (QED) is 0.150. The van der Waals surface area contributed by atoms with Crippen molar-refractivity contribution in [2.75, 3.05) is 4.90 Å². The second-order valence-corrected chi connectivity index (χ2v) is 20.1. The van der Waals surface area contributed by atoms with Gasteiger partial charge in [-0.3, -0.25) is 4.57 Å². The molecule has 7 heteroatoms. The van der Waals surface area contributed by atoms with Crippen LogP contribution >= 0.6 is 0 Å². The third-order valence-electron chi connectivity index (χ3n) is 12.9. The number of rotatable bonds is 7. The molecule has 0 N–H and O–H groups in total. The van der Waals surface area contributed by atoms with Crippen LogP contribution in [0.5, 0.6) is 0 Å². The van der Waals surface area contributed by atoms with Gasteiger partial charge in [0.15, 0.2) is 14.2 Å². The van der Waals surface area contributed by atoms with Gasteiger partial charge in [0.05, 0.1) is 22.1 Å². The number of hydrogen-bond donors (Lipinski definition) is 0. The van der Waals surface area contributed by atoms with E-state index in [0.717, 1.165) is 61.4 Å². The molecule has 0 aliphatic carbocycles. The SMILES string of the molecule is Cn1c(-c2cccc(C(F)c3ccc4c5cc6c(cc5n(-c5ccccn5)c4c3)[Si](c3ccccc3)(c3ccccc3)c3ccccc3N6c3ccccc3)c2)nc2ccccc21. The summed E-state index contributed by atoms with van der Waals surface area (Å²) in [6.45, 7) is 0. The van der Waals surface area contributed by atoms with Crippen molar-refractivity contribution in [2.24, 2.45) is 7.05 Å². The number of hydrogen-bond acceptors (Lipinski definition) is 3. The Kier molecular flexibility index (Phi) is 8.59. The van der Waals surface area contributed by atoms with Crippen LogP contribution < -0.4 is 25.6 Å². The third-order valence-corrected chi connectivity index (χ3v) is 17.8. The van der Waals surface area contributed by atoms with Crippen molar-refractivity contribution in [3.63, 3.8) is 0 Å². The summed E-state index contributed by atoms with van der Waals surface area (Å²) in [5.74, 6) is 1.58. The highest BCUT2D eigenvalue weighted by molar-refractivity contribution is 7.21. The standard InChI is InChI=1S/C56H40FN5Si/c1-60-47-27-12-11-26-46(47)59-56(60)40-19-17-18-38(34-40)55(57)39-31-32-44-45-36-51-53(37-50(45)62(49(44)35-39)54-30-15-16-33-58-54)63(42-22-7-3-8-23-42,43-24-9-4-10-25-43)52-29-14-13-28-48(52)61(51)41-20-5-2-6-21-41/h2-37,55H,1H3. The molecule has 4 heterocycles. The van der Waals surface area contributed by atoms with Gasteiger partial charge in [0.2, 0.25) is 0 Å². The lowest BCUT2D eigenvalue weighted by Gasteiger charge is -2.45. The molecule has 1 aliphatic heterocycles. The molecule has 11 aromatic rings. The first-order valence-corrected chi connectivity index (χ1v) is 23.4. The van der Waals surface area contributed by atoms with Crippen LogP contribution in [0.15, 0.2) is 219 Å². The van der Waals surface area contributed by atoms with Crippen molar-refractivity contribution in [1.29, 1.82) is 0 Å². The van der Waals surface area contributed by atoms with Gasteiger partial charge >= 0.3 is 0 Å². The van der Waals surface area contributed by atoms with Gasteiger partial charge < -0.3 is 9.47 Å². The van der Waals surface area contributed by atoms with Crippen LogP contribution in [0.1, 0.15) is 17.3 Å². The maximum absolute atomic E-state index is 17.2. The summed E-state index contributed by atoms with van der Waals surface area (Å²) < 4.78 is 21.6. The van der Waals surface area contributed by atoms with Gasteiger partial charge in [0.1, 0.15) is 11.6 Å². The zero-order chi connectivity index (χ0) is 42.1. The molecule has 0 saturated carbocycles. The van der Waals surface area contributed by atoms with Gasteiger partial charge in [-0.2, -0.15) is 0 Å². The molecule has 3 aromatic heterocycles. The Bertz CT molecular complexity index is 3460. The maximum atomic E-state index is 17.2. The number of fused-ring (bicyclic) bond motifs is 6. The van der Waals surface area contributed by atoms with Gasteiger partial charge in [-0.15, -0.1) is 0 Å². The van der Waals surface area contributed by atoms with E-state index >= 15 is 4.39 Å². The van der Waals surface area contributed by atoms with E-state index in [4.69, 9.17) is 9.97 Å². The Balaban J connectivity index is 1.13. The number of halogens is 1. The van der Waals surface area contributed by atoms with Crippen LogP contribution in [0, 0.1) is 0 Å². The molecule has 8 aromatic carbocycles. The van der Waals surface area contributed by atoms with Crippen molar-refractivity contribution in [3.8, 4) is 17.2 Å². The molecule has 0 bridgehead atoms. The highest BCUT2D eigenvalue weighted by atomic mass is 28.3. The lowest BCUT2D eigenvalue weighted by Crippen LogP contribution is -2.77. The zero-order valence-corrected chi connectivity index (χ0v) is 35.5. The fraction of sp³-hybridized carbons (Fsp3) is 0.0357. The number of benzene rings is 8. The average molecular weight is 830 g/mol. The van der Waals surface area contributed by atoms with Gasteiger partial charge in [-0.25, -0.2) is 14.4 Å². The molecule has 0 radical (unpaired) electrons. The van der Waals surface area contributed by atoms with E-state index in [2.05, 4.69) is 154 Å². The molecule has 1 unspecified atom stereocenters. The molecule has 1 aliphatic rings. The van der Waals surface area contributed by atoms with E-state index in [9.17, 15) is 0 Å². The van der Waals surface area contributed by atoms with Crippen LogP contribution in [0.4, 0.5) is 21.5 Å². The lowest BCUT2D eigenvalue weighted by atomic mass is 9.99. The fourth-order valence-corrected chi connectivity index (χ4v) is 15.3. The lowest BCUT2D eigenvalue weighted by molar-refractivity contribution is 0.402. The summed E-state index contributed by atoms with van der Waals surface area (Å²) in [5, 5.41) is 7.31. The second kappa shape index (κ2) is 14.6. The Morgan fingerprint density at radius 2 is 1.17 bits per heavy atom. The molecule has 0 spiro atoms. The van der Waals surface area contributed by atoms with Crippen molar-refractivity contribution in [3.05, 3.63) is 230 Å². The van der Waals surface area contributed by atoms with Gasteiger partial charge in [0, 0.05) is 46.6 Å².